The van der Waals surface area contributed by atoms with Crippen molar-refractivity contribution >= 4 is 5.91 Å². The van der Waals surface area contributed by atoms with Crippen LogP contribution in [0.1, 0.15) is 43.9 Å². The van der Waals surface area contributed by atoms with E-state index in [2.05, 4.69) is 30.9 Å². The predicted molar refractivity (Wildman–Crippen MR) is 78.7 cm³/mol. The minimum Gasteiger partial charge on any atom is -0.497 e. The van der Waals surface area contributed by atoms with Crippen LogP contribution in [0.25, 0.3) is 0 Å². The Bertz CT molecular complexity index is 522. The van der Waals surface area contributed by atoms with Gasteiger partial charge in [0.1, 0.15) is 5.75 Å². The first-order valence-corrected chi connectivity index (χ1v) is 7.59. The number of hydrogen-bond donors (Lipinski definition) is 0. The number of hydrogen-bond acceptors (Lipinski definition) is 2. The zero-order valence-electron chi connectivity index (χ0n) is 12.6. The molecule has 1 fully saturated rings. The molecule has 1 aliphatic heterocycles. The number of rotatable bonds is 3. The van der Waals surface area contributed by atoms with Gasteiger partial charge in [-0.1, -0.05) is 13.0 Å². The fourth-order valence-electron chi connectivity index (χ4n) is 3.30. The molecule has 0 saturated heterocycles. The highest BCUT2D eigenvalue weighted by Gasteiger charge is 2.37. The van der Waals surface area contributed by atoms with E-state index in [1.807, 2.05) is 6.07 Å². The van der Waals surface area contributed by atoms with Crippen molar-refractivity contribution in [2.45, 2.75) is 39.2 Å². The second-order valence-electron chi connectivity index (χ2n) is 6.15. The van der Waals surface area contributed by atoms with Crippen LogP contribution in [0, 0.1) is 11.8 Å². The lowest BCUT2D eigenvalue weighted by atomic mass is 9.91. The quantitative estimate of drug-likeness (QED) is 0.846. The van der Waals surface area contributed by atoms with Crippen LogP contribution >= 0.6 is 0 Å². The Hall–Kier alpha value is -1.51. The zero-order chi connectivity index (χ0) is 14.3. The minimum atomic E-state index is 0.179. The van der Waals surface area contributed by atoms with E-state index in [0.29, 0.717) is 11.8 Å². The topological polar surface area (TPSA) is 29.5 Å². The summed E-state index contributed by atoms with van der Waals surface area (Å²) in [7, 11) is 1.70. The van der Waals surface area contributed by atoms with E-state index in [-0.39, 0.29) is 12.0 Å². The summed E-state index contributed by atoms with van der Waals surface area (Å²) in [6.45, 7) is 5.06. The fourth-order valence-corrected chi connectivity index (χ4v) is 3.30. The summed E-state index contributed by atoms with van der Waals surface area (Å²) in [6.07, 6.45) is 3.38. The Morgan fingerprint density at radius 2 is 2.15 bits per heavy atom. The van der Waals surface area contributed by atoms with Crippen LogP contribution in [0.2, 0.25) is 0 Å². The summed E-state index contributed by atoms with van der Waals surface area (Å²) in [4.78, 5) is 14.7. The molecule has 0 aromatic heterocycles. The van der Waals surface area contributed by atoms with Gasteiger partial charge in [-0.25, -0.2) is 0 Å². The lowest BCUT2D eigenvalue weighted by Gasteiger charge is -2.37. The zero-order valence-corrected chi connectivity index (χ0v) is 12.6. The first kappa shape index (κ1) is 13.5. The smallest absolute Gasteiger partial charge is 0.226 e. The van der Waals surface area contributed by atoms with E-state index >= 15 is 0 Å². The highest BCUT2D eigenvalue weighted by molar-refractivity contribution is 5.80. The summed E-state index contributed by atoms with van der Waals surface area (Å²) in [5, 5.41) is 0. The number of carbonyl (C=O) groups is 1. The molecule has 2 unspecified atom stereocenters. The van der Waals surface area contributed by atoms with Gasteiger partial charge in [-0.3, -0.25) is 4.79 Å². The van der Waals surface area contributed by atoms with Gasteiger partial charge in [-0.15, -0.1) is 0 Å². The second-order valence-corrected chi connectivity index (χ2v) is 6.15. The Morgan fingerprint density at radius 1 is 1.40 bits per heavy atom. The molecule has 1 aromatic carbocycles. The monoisotopic (exact) mass is 273 g/mol. The van der Waals surface area contributed by atoms with Crippen molar-refractivity contribution in [3.8, 4) is 5.75 Å². The Labute approximate surface area is 120 Å². The number of carbonyl (C=O) groups excluding carboxylic acids is 1. The average Bonchev–Trinajstić information content (AvgIpc) is 3.30. The molecular weight excluding hydrogens is 250 g/mol. The molecule has 2 atom stereocenters. The van der Waals surface area contributed by atoms with Gasteiger partial charge in [0.05, 0.1) is 13.2 Å². The van der Waals surface area contributed by atoms with E-state index in [0.717, 1.165) is 18.7 Å². The summed E-state index contributed by atoms with van der Waals surface area (Å²) in [6, 6.07) is 6.39. The number of benzene rings is 1. The molecule has 1 heterocycles. The van der Waals surface area contributed by atoms with Crippen molar-refractivity contribution in [3.05, 3.63) is 29.3 Å². The Kier molecular flexibility index (Phi) is 3.45. The van der Waals surface area contributed by atoms with Gasteiger partial charge in [0.15, 0.2) is 0 Å². The summed E-state index contributed by atoms with van der Waals surface area (Å²) in [5.41, 5.74) is 2.59. The molecule has 0 radical (unpaired) electrons. The first-order chi connectivity index (χ1) is 9.61. The van der Waals surface area contributed by atoms with E-state index < -0.39 is 0 Å². The number of amides is 1. The predicted octanol–water partition coefficient (Wildman–Crippen LogP) is 3.19. The lowest BCUT2D eigenvalue weighted by Crippen LogP contribution is -2.42. The van der Waals surface area contributed by atoms with Crippen molar-refractivity contribution in [3.63, 3.8) is 0 Å². The van der Waals surface area contributed by atoms with Crippen molar-refractivity contribution in [1.82, 2.24) is 4.90 Å². The highest BCUT2D eigenvalue weighted by atomic mass is 16.5. The van der Waals surface area contributed by atoms with Crippen LogP contribution in [0.3, 0.4) is 0 Å². The molecule has 108 valence electrons. The van der Waals surface area contributed by atoms with Crippen molar-refractivity contribution in [1.29, 1.82) is 0 Å². The molecule has 3 rings (SSSR count). The van der Waals surface area contributed by atoms with E-state index in [1.165, 1.54) is 24.0 Å². The van der Waals surface area contributed by atoms with Gasteiger partial charge in [0.2, 0.25) is 5.91 Å². The molecule has 1 aromatic rings. The second kappa shape index (κ2) is 5.12. The van der Waals surface area contributed by atoms with Gasteiger partial charge in [-0.2, -0.15) is 0 Å². The van der Waals surface area contributed by atoms with E-state index in [1.54, 1.807) is 7.11 Å². The van der Waals surface area contributed by atoms with Crippen molar-refractivity contribution < 1.29 is 9.53 Å². The number of fused-ring (bicyclic) bond motifs is 1. The van der Waals surface area contributed by atoms with Crippen LogP contribution < -0.4 is 4.74 Å². The maximum absolute atomic E-state index is 12.6. The fraction of sp³-hybridized carbons (Fsp3) is 0.588. The number of ether oxygens (including phenoxy) is 1. The molecule has 0 spiro atoms. The SMILES string of the molecule is COc1ccc2c(c1)CCN(C(=O)C(C)C1CC1)C2C. The molecule has 3 nitrogen and oxygen atoms in total. The maximum atomic E-state index is 12.6. The van der Waals surface area contributed by atoms with Gasteiger partial charge in [-0.05, 0) is 55.4 Å². The first-order valence-electron chi connectivity index (χ1n) is 7.59. The minimum absolute atomic E-state index is 0.179. The van der Waals surface area contributed by atoms with Crippen molar-refractivity contribution in [2.24, 2.45) is 11.8 Å². The molecule has 1 saturated carbocycles. The summed E-state index contributed by atoms with van der Waals surface area (Å²) in [5.74, 6) is 2.06. The third-order valence-electron chi connectivity index (χ3n) is 4.89. The van der Waals surface area contributed by atoms with Crippen LogP contribution in [0.5, 0.6) is 5.75 Å². The highest BCUT2D eigenvalue weighted by Crippen LogP contribution is 2.40. The summed E-state index contributed by atoms with van der Waals surface area (Å²) >= 11 is 0. The maximum Gasteiger partial charge on any atom is 0.226 e. The van der Waals surface area contributed by atoms with Gasteiger partial charge in [0.25, 0.3) is 0 Å². The van der Waals surface area contributed by atoms with Gasteiger partial charge in [0, 0.05) is 12.5 Å². The molecule has 1 amide bonds. The molecule has 0 N–H and O–H groups in total. The van der Waals surface area contributed by atoms with Gasteiger partial charge < -0.3 is 9.64 Å². The summed E-state index contributed by atoms with van der Waals surface area (Å²) < 4.78 is 5.29. The van der Waals surface area contributed by atoms with Crippen molar-refractivity contribution in [2.75, 3.05) is 13.7 Å². The largest absolute Gasteiger partial charge is 0.497 e. The Balaban J connectivity index is 1.81. The van der Waals surface area contributed by atoms with Gasteiger partial charge >= 0.3 is 0 Å². The third-order valence-corrected chi connectivity index (χ3v) is 4.89. The normalized spacial score (nSPS) is 23.1. The van der Waals surface area contributed by atoms with Crippen LogP contribution in [-0.2, 0) is 11.2 Å². The standard InChI is InChI=1S/C17H23NO2/c1-11(13-4-5-13)17(19)18-9-8-14-10-15(20-3)6-7-16(14)12(18)2/h6-7,10-13H,4-5,8-9H2,1-3H3. The molecule has 20 heavy (non-hydrogen) atoms. The number of methoxy groups -OCH3 is 1. The third kappa shape index (κ3) is 2.30. The molecule has 3 heteroatoms. The molecule has 2 aliphatic rings. The van der Waals surface area contributed by atoms with Crippen LogP contribution in [0.4, 0.5) is 0 Å². The van der Waals surface area contributed by atoms with Crippen LogP contribution in [0.15, 0.2) is 18.2 Å². The molecular formula is C17H23NO2. The Morgan fingerprint density at radius 3 is 2.80 bits per heavy atom. The average molecular weight is 273 g/mol. The van der Waals surface area contributed by atoms with Crippen LogP contribution in [-0.4, -0.2) is 24.5 Å². The van der Waals surface area contributed by atoms with E-state index in [4.69, 9.17) is 4.74 Å². The number of nitrogens with zero attached hydrogens (tertiary/aromatic N) is 1. The molecule has 1 aliphatic carbocycles. The molecule has 0 bridgehead atoms. The lowest BCUT2D eigenvalue weighted by molar-refractivity contribution is -0.138. The van der Waals surface area contributed by atoms with E-state index in [9.17, 15) is 4.79 Å².